The normalized spacial score (nSPS) is 10.8. The summed E-state index contributed by atoms with van der Waals surface area (Å²) in [4.78, 5) is 16.0. The van der Waals surface area contributed by atoms with E-state index in [1.807, 2.05) is 55.5 Å². The first kappa shape index (κ1) is 17.4. The number of esters is 1. The number of hydrogen-bond acceptors (Lipinski definition) is 6. The second kappa shape index (κ2) is 8.11. The molecule has 0 spiro atoms. The van der Waals surface area contributed by atoms with Crippen LogP contribution in [0.2, 0.25) is 0 Å². The molecule has 0 aliphatic rings. The van der Waals surface area contributed by atoms with Crippen molar-refractivity contribution >= 4 is 12.0 Å². The van der Waals surface area contributed by atoms with Crippen molar-refractivity contribution in [3.8, 4) is 17.1 Å². The third-order valence-corrected chi connectivity index (χ3v) is 3.61. The van der Waals surface area contributed by atoms with Crippen molar-refractivity contribution in [3.63, 3.8) is 0 Å². The number of carbonyl (C=O) groups is 1. The number of aryl methyl sites for hydroxylation is 1. The van der Waals surface area contributed by atoms with Gasteiger partial charge in [0, 0.05) is 11.6 Å². The number of hydrogen-bond donors (Lipinski definition) is 0. The Morgan fingerprint density at radius 1 is 1.19 bits per heavy atom. The summed E-state index contributed by atoms with van der Waals surface area (Å²) in [6.45, 7) is 1.91. The minimum Gasteiger partial charge on any atom is -0.497 e. The van der Waals surface area contributed by atoms with Gasteiger partial charge in [0.15, 0.2) is 6.61 Å². The van der Waals surface area contributed by atoms with Gasteiger partial charge in [-0.15, -0.1) is 0 Å². The van der Waals surface area contributed by atoms with Gasteiger partial charge in [-0.3, -0.25) is 0 Å². The van der Waals surface area contributed by atoms with Crippen LogP contribution in [0.5, 0.6) is 5.75 Å². The highest BCUT2D eigenvalue weighted by Crippen LogP contribution is 2.19. The maximum atomic E-state index is 11.8. The Hall–Kier alpha value is -3.41. The van der Waals surface area contributed by atoms with Gasteiger partial charge in [0.2, 0.25) is 5.82 Å². The lowest BCUT2D eigenvalue weighted by atomic mass is 10.1. The van der Waals surface area contributed by atoms with Gasteiger partial charge in [-0.25, -0.2) is 4.79 Å². The summed E-state index contributed by atoms with van der Waals surface area (Å²) in [6.07, 6.45) is 3.07. The lowest BCUT2D eigenvalue weighted by Gasteiger charge is -1.99. The molecule has 3 aromatic rings. The van der Waals surface area contributed by atoms with Crippen LogP contribution in [0.4, 0.5) is 0 Å². The Morgan fingerprint density at radius 3 is 2.73 bits per heavy atom. The predicted octanol–water partition coefficient (Wildman–Crippen LogP) is 3.81. The second-order valence-electron chi connectivity index (χ2n) is 5.60. The minimum absolute atomic E-state index is 0.0832. The van der Waals surface area contributed by atoms with Crippen LogP contribution < -0.4 is 4.74 Å². The second-order valence-corrected chi connectivity index (χ2v) is 5.60. The lowest BCUT2D eigenvalue weighted by Crippen LogP contribution is -2.01. The van der Waals surface area contributed by atoms with Crippen molar-refractivity contribution in [1.29, 1.82) is 0 Å². The van der Waals surface area contributed by atoms with E-state index in [4.69, 9.17) is 14.0 Å². The average molecular weight is 350 g/mol. The Morgan fingerprint density at radius 2 is 2.00 bits per heavy atom. The zero-order valence-electron chi connectivity index (χ0n) is 14.5. The van der Waals surface area contributed by atoms with E-state index in [1.54, 1.807) is 13.2 Å². The summed E-state index contributed by atoms with van der Waals surface area (Å²) in [6, 6.07) is 15.1. The van der Waals surface area contributed by atoms with E-state index >= 15 is 0 Å². The largest absolute Gasteiger partial charge is 0.497 e. The number of aromatic nitrogens is 2. The number of benzene rings is 2. The van der Waals surface area contributed by atoms with Crippen molar-refractivity contribution in [2.75, 3.05) is 7.11 Å². The van der Waals surface area contributed by atoms with Gasteiger partial charge in [-0.2, -0.15) is 4.98 Å². The third kappa shape index (κ3) is 4.57. The van der Waals surface area contributed by atoms with E-state index in [0.29, 0.717) is 5.82 Å². The molecule has 6 nitrogen and oxygen atoms in total. The van der Waals surface area contributed by atoms with Gasteiger partial charge in [0.25, 0.3) is 5.89 Å². The van der Waals surface area contributed by atoms with Crippen molar-refractivity contribution in [2.24, 2.45) is 0 Å². The van der Waals surface area contributed by atoms with Gasteiger partial charge in [0.05, 0.1) is 7.11 Å². The van der Waals surface area contributed by atoms with Crippen LogP contribution in [0.3, 0.4) is 0 Å². The average Bonchev–Trinajstić information content (AvgIpc) is 3.14. The first-order valence-corrected chi connectivity index (χ1v) is 8.02. The van der Waals surface area contributed by atoms with Crippen molar-refractivity contribution in [2.45, 2.75) is 13.5 Å². The molecule has 132 valence electrons. The molecule has 0 radical (unpaired) electrons. The molecule has 0 unspecified atom stereocenters. The van der Waals surface area contributed by atoms with Crippen LogP contribution in [0.15, 0.2) is 59.1 Å². The zero-order chi connectivity index (χ0) is 18.4. The highest BCUT2D eigenvalue weighted by molar-refractivity contribution is 5.87. The number of carbonyl (C=O) groups excluding carboxylic acids is 1. The molecule has 0 amide bonds. The fraction of sp³-hybridized carbons (Fsp3) is 0.150. The van der Waals surface area contributed by atoms with E-state index < -0.39 is 5.97 Å². The minimum atomic E-state index is -0.476. The molecule has 0 bridgehead atoms. The highest BCUT2D eigenvalue weighted by atomic mass is 16.6. The highest BCUT2D eigenvalue weighted by Gasteiger charge is 2.10. The molecule has 0 atom stereocenters. The Balaban J connectivity index is 1.56. The standard InChI is InChI=1S/C20H18N2O4/c1-14-4-3-5-15(12-14)6-11-19(23)25-13-18-21-20(22-26-18)16-7-9-17(24-2)10-8-16/h3-12H,13H2,1-2H3/b11-6+. The van der Waals surface area contributed by atoms with Crippen molar-refractivity contribution in [3.05, 3.63) is 71.6 Å². The van der Waals surface area contributed by atoms with E-state index in [9.17, 15) is 4.79 Å². The molecule has 0 N–H and O–H groups in total. The molecule has 3 rings (SSSR count). The van der Waals surface area contributed by atoms with Gasteiger partial charge in [-0.1, -0.05) is 35.0 Å². The summed E-state index contributed by atoms with van der Waals surface area (Å²) in [7, 11) is 1.60. The van der Waals surface area contributed by atoms with Gasteiger partial charge in [-0.05, 0) is 42.8 Å². The molecule has 0 saturated heterocycles. The zero-order valence-corrected chi connectivity index (χ0v) is 14.5. The van der Waals surface area contributed by atoms with Crippen LogP contribution in [0.25, 0.3) is 17.5 Å². The molecule has 1 aromatic heterocycles. The lowest BCUT2D eigenvalue weighted by molar-refractivity contribution is -0.139. The van der Waals surface area contributed by atoms with Gasteiger partial charge >= 0.3 is 5.97 Å². The smallest absolute Gasteiger partial charge is 0.331 e. The van der Waals surface area contributed by atoms with E-state index in [0.717, 1.165) is 22.4 Å². The molecular formula is C20H18N2O4. The SMILES string of the molecule is COc1ccc(-c2noc(COC(=O)/C=C/c3cccc(C)c3)n2)cc1. The third-order valence-electron chi connectivity index (χ3n) is 3.61. The van der Waals surface area contributed by atoms with E-state index in [2.05, 4.69) is 10.1 Å². The Labute approximate surface area is 151 Å². The summed E-state index contributed by atoms with van der Waals surface area (Å²) in [5.41, 5.74) is 2.84. The van der Waals surface area contributed by atoms with Crippen molar-refractivity contribution < 1.29 is 18.8 Å². The number of nitrogens with zero attached hydrogens (tertiary/aromatic N) is 2. The van der Waals surface area contributed by atoms with Gasteiger partial charge < -0.3 is 14.0 Å². The number of rotatable bonds is 6. The fourth-order valence-corrected chi connectivity index (χ4v) is 2.29. The molecule has 6 heteroatoms. The molecule has 0 aliphatic heterocycles. The number of methoxy groups -OCH3 is 1. The summed E-state index contributed by atoms with van der Waals surface area (Å²) in [5.74, 6) is 0.921. The van der Waals surface area contributed by atoms with E-state index in [1.165, 1.54) is 6.08 Å². The number of ether oxygens (including phenoxy) is 2. The van der Waals surface area contributed by atoms with Crippen molar-refractivity contribution in [1.82, 2.24) is 10.1 Å². The molecule has 0 aliphatic carbocycles. The topological polar surface area (TPSA) is 74.5 Å². The quantitative estimate of drug-likeness (QED) is 0.497. The first-order chi connectivity index (χ1) is 12.6. The summed E-state index contributed by atoms with van der Waals surface area (Å²) in [5, 5.41) is 3.89. The summed E-state index contributed by atoms with van der Waals surface area (Å²) >= 11 is 0. The maximum absolute atomic E-state index is 11.8. The van der Waals surface area contributed by atoms with Crippen LogP contribution in [0.1, 0.15) is 17.0 Å². The molecule has 0 fully saturated rings. The molecule has 1 heterocycles. The molecular weight excluding hydrogens is 332 g/mol. The Bertz CT molecular complexity index is 914. The monoisotopic (exact) mass is 350 g/mol. The van der Waals surface area contributed by atoms with Crippen LogP contribution in [-0.4, -0.2) is 23.2 Å². The van der Waals surface area contributed by atoms with E-state index in [-0.39, 0.29) is 12.5 Å². The fourth-order valence-electron chi connectivity index (χ4n) is 2.29. The van der Waals surface area contributed by atoms with Gasteiger partial charge in [0.1, 0.15) is 5.75 Å². The van der Waals surface area contributed by atoms with Crippen LogP contribution in [-0.2, 0) is 16.1 Å². The molecule has 0 saturated carbocycles. The predicted molar refractivity (Wildman–Crippen MR) is 96.3 cm³/mol. The Kier molecular flexibility index (Phi) is 5.43. The van der Waals surface area contributed by atoms with Crippen LogP contribution >= 0.6 is 0 Å². The van der Waals surface area contributed by atoms with Crippen LogP contribution in [0, 0.1) is 6.92 Å². The maximum Gasteiger partial charge on any atom is 0.331 e. The molecule has 26 heavy (non-hydrogen) atoms. The molecule has 2 aromatic carbocycles. The first-order valence-electron chi connectivity index (χ1n) is 8.02. The summed E-state index contributed by atoms with van der Waals surface area (Å²) < 4.78 is 15.3.